The Kier molecular flexibility index (Phi) is 6.31. The van der Waals surface area contributed by atoms with Gasteiger partial charge in [-0.3, -0.25) is 0 Å². The highest BCUT2D eigenvalue weighted by molar-refractivity contribution is 6.32. The van der Waals surface area contributed by atoms with E-state index in [-0.39, 0.29) is 10.8 Å². The standard InChI is InChI=1S/C54H42/c1-53(2,3)37-27-33-17-15-31-19-23-45(43-25-21-35(29-37)47(33)49(31)43)51-39-11-7-9-13-41(39)52(42-14-10-8-12-40(42)51)46-24-20-32-16-18-34-28-38(54(4,5)6)30-36-22-26-44(46)50(32)48(34)36/h7-30H,1-6H3. The predicted octanol–water partition coefficient (Wildman–Crippen LogP) is 15.7. The smallest absolute Gasteiger partial charge is 0.00201 e. The summed E-state index contributed by atoms with van der Waals surface area (Å²) in [6.45, 7) is 13.9. The molecule has 0 spiro atoms. The fraction of sp³-hybridized carbons (Fsp3) is 0.148. The number of hydrogen-bond donors (Lipinski definition) is 0. The first kappa shape index (κ1) is 31.5. The number of benzene rings is 11. The van der Waals surface area contributed by atoms with Gasteiger partial charge in [0.25, 0.3) is 0 Å². The Morgan fingerprint density at radius 2 is 0.574 bits per heavy atom. The summed E-state index contributed by atoms with van der Waals surface area (Å²) >= 11 is 0. The van der Waals surface area contributed by atoms with Crippen LogP contribution in [0.1, 0.15) is 52.7 Å². The highest BCUT2D eigenvalue weighted by Crippen LogP contribution is 2.50. The van der Waals surface area contributed by atoms with Gasteiger partial charge in [-0.05, 0) is 130 Å². The molecule has 0 saturated carbocycles. The first-order chi connectivity index (χ1) is 26.0. The lowest BCUT2D eigenvalue weighted by Crippen LogP contribution is -2.10. The average Bonchev–Trinajstić information content (AvgIpc) is 3.17. The minimum Gasteiger partial charge on any atom is -0.0616 e. The molecule has 0 aliphatic rings. The SMILES string of the molecule is CC(C)(C)c1cc2ccc3ccc(-c4c5ccccc5c(-c5ccc6ccc7cc(C(C)(C)C)cc8ccc5c6c78)c5ccccc45)c4ccc(c1)c2c34. The lowest BCUT2D eigenvalue weighted by Gasteiger charge is -2.23. The zero-order valence-electron chi connectivity index (χ0n) is 31.9. The molecule has 0 nitrogen and oxygen atoms in total. The minimum atomic E-state index is 0.0830. The van der Waals surface area contributed by atoms with E-state index in [1.165, 1.54) is 120 Å². The molecular formula is C54H42. The lowest BCUT2D eigenvalue weighted by molar-refractivity contribution is 0.591. The molecule has 0 radical (unpaired) electrons. The molecule has 54 heavy (non-hydrogen) atoms. The van der Waals surface area contributed by atoms with Crippen LogP contribution in [0.3, 0.4) is 0 Å². The topological polar surface area (TPSA) is 0 Å². The van der Waals surface area contributed by atoms with Crippen molar-refractivity contribution in [1.29, 1.82) is 0 Å². The van der Waals surface area contributed by atoms with Gasteiger partial charge in [-0.1, -0.05) is 187 Å². The average molecular weight is 691 g/mol. The second kappa shape index (κ2) is 10.8. The van der Waals surface area contributed by atoms with Gasteiger partial charge in [-0.25, -0.2) is 0 Å². The van der Waals surface area contributed by atoms with Gasteiger partial charge in [-0.2, -0.15) is 0 Å². The molecule has 0 atom stereocenters. The first-order valence-corrected chi connectivity index (χ1v) is 19.4. The quantitative estimate of drug-likeness (QED) is 0.125. The maximum absolute atomic E-state index is 2.41. The van der Waals surface area contributed by atoms with E-state index in [0.29, 0.717) is 0 Å². The largest absolute Gasteiger partial charge is 0.0616 e. The Morgan fingerprint density at radius 3 is 0.907 bits per heavy atom. The van der Waals surface area contributed by atoms with Crippen molar-refractivity contribution in [3.05, 3.63) is 157 Å². The van der Waals surface area contributed by atoms with E-state index in [4.69, 9.17) is 0 Å². The van der Waals surface area contributed by atoms with Crippen molar-refractivity contribution in [3.63, 3.8) is 0 Å². The fourth-order valence-electron chi connectivity index (χ4n) is 9.65. The number of hydrogen-bond acceptors (Lipinski definition) is 0. The highest BCUT2D eigenvalue weighted by Gasteiger charge is 2.23. The van der Waals surface area contributed by atoms with Crippen LogP contribution in [0.15, 0.2) is 146 Å². The molecule has 0 saturated heterocycles. The van der Waals surface area contributed by atoms with Gasteiger partial charge in [-0.15, -0.1) is 0 Å². The van der Waals surface area contributed by atoms with E-state index >= 15 is 0 Å². The van der Waals surface area contributed by atoms with Gasteiger partial charge in [0.05, 0.1) is 0 Å². The first-order valence-electron chi connectivity index (χ1n) is 19.4. The maximum Gasteiger partial charge on any atom is -0.00201 e. The van der Waals surface area contributed by atoms with Gasteiger partial charge < -0.3 is 0 Å². The van der Waals surface area contributed by atoms with Crippen LogP contribution in [-0.2, 0) is 10.8 Å². The Morgan fingerprint density at radius 1 is 0.278 bits per heavy atom. The van der Waals surface area contributed by atoms with Crippen LogP contribution in [0.2, 0.25) is 0 Å². The van der Waals surface area contributed by atoms with Crippen LogP contribution in [0.4, 0.5) is 0 Å². The molecule has 258 valence electrons. The molecule has 0 heteroatoms. The molecule has 11 rings (SSSR count). The summed E-state index contributed by atoms with van der Waals surface area (Å²) in [5, 5.41) is 21.1. The van der Waals surface area contributed by atoms with Crippen LogP contribution in [-0.4, -0.2) is 0 Å². The monoisotopic (exact) mass is 690 g/mol. The van der Waals surface area contributed by atoms with Crippen molar-refractivity contribution < 1.29 is 0 Å². The van der Waals surface area contributed by atoms with Crippen LogP contribution in [0.25, 0.3) is 108 Å². The van der Waals surface area contributed by atoms with Crippen LogP contribution in [0.5, 0.6) is 0 Å². The van der Waals surface area contributed by atoms with Crippen molar-refractivity contribution in [2.75, 3.05) is 0 Å². The predicted molar refractivity (Wildman–Crippen MR) is 237 cm³/mol. The molecule has 11 aromatic carbocycles. The molecule has 0 unspecified atom stereocenters. The summed E-state index contributed by atoms with van der Waals surface area (Å²) < 4.78 is 0. The summed E-state index contributed by atoms with van der Waals surface area (Å²) in [5.41, 5.74) is 8.13. The fourth-order valence-corrected chi connectivity index (χ4v) is 9.65. The molecular weight excluding hydrogens is 649 g/mol. The summed E-state index contributed by atoms with van der Waals surface area (Å²) in [4.78, 5) is 0. The third-order valence-electron chi connectivity index (χ3n) is 12.4. The molecule has 0 fully saturated rings. The van der Waals surface area contributed by atoms with Gasteiger partial charge >= 0.3 is 0 Å². The Labute approximate surface area is 316 Å². The van der Waals surface area contributed by atoms with Crippen molar-refractivity contribution in [2.24, 2.45) is 0 Å². The van der Waals surface area contributed by atoms with E-state index in [0.717, 1.165) is 0 Å². The van der Waals surface area contributed by atoms with Crippen molar-refractivity contribution in [2.45, 2.75) is 52.4 Å². The van der Waals surface area contributed by atoms with Gasteiger partial charge in [0.15, 0.2) is 0 Å². The van der Waals surface area contributed by atoms with Crippen molar-refractivity contribution in [1.82, 2.24) is 0 Å². The van der Waals surface area contributed by atoms with Gasteiger partial charge in [0.1, 0.15) is 0 Å². The summed E-state index contributed by atoms with van der Waals surface area (Å²) in [6.07, 6.45) is 0. The van der Waals surface area contributed by atoms with E-state index in [1.807, 2.05) is 0 Å². The molecule has 0 aliphatic carbocycles. The summed E-state index contributed by atoms with van der Waals surface area (Å²) in [7, 11) is 0. The maximum atomic E-state index is 2.41. The van der Waals surface area contributed by atoms with E-state index in [9.17, 15) is 0 Å². The zero-order chi connectivity index (χ0) is 36.7. The lowest BCUT2D eigenvalue weighted by atomic mass is 9.80. The second-order valence-corrected chi connectivity index (χ2v) is 17.7. The van der Waals surface area contributed by atoms with Crippen LogP contribution >= 0.6 is 0 Å². The van der Waals surface area contributed by atoms with E-state index in [1.54, 1.807) is 0 Å². The Bertz CT molecular complexity index is 3010. The Balaban J connectivity index is 1.23. The number of fused-ring (bicyclic) bond motifs is 2. The normalized spacial score (nSPS) is 13.0. The molecule has 0 amide bonds. The van der Waals surface area contributed by atoms with Crippen LogP contribution < -0.4 is 0 Å². The Hall–Kier alpha value is -5.98. The minimum absolute atomic E-state index is 0.0830. The number of rotatable bonds is 2. The van der Waals surface area contributed by atoms with Crippen LogP contribution in [0, 0.1) is 0 Å². The molecule has 0 aromatic heterocycles. The zero-order valence-corrected chi connectivity index (χ0v) is 31.9. The third-order valence-corrected chi connectivity index (χ3v) is 12.4. The second-order valence-electron chi connectivity index (χ2n) is 17.7. The molecule has 0 N–H and O–H groups in total. The van der Waals surface area contributed by atoms with Crippen molar-refractivity contribution in [3.8, 4) is 22.3 Å². The molecule has 0 aliphatic heterocycles. The summed E-state index contributed by atoms with van der Waals surface area (Å²) in [5.74, 6) is 0. The van der Waals surface area contributed by atoms with Crippen molar-refractivity contribution >= 4 is 86.2 Å². The summed E-state index contributed by atoms with van der Waals surface area (Å²) in [6, 6.07) is 56.1. The molecule has 11 aromatic rings. The molecule has 0 heterocycles. The third kappa shape index (κ3) is 4.37. The van der Waals surface area contributed by atoms with Gasteiger partial charge in [0.2, 0.25) is 0 Å². The van der Waals surface area contributed by atoms with Gasteiger partial charge in [0, 0.05) is 0 Å². The van der Waals surface area contributed by atoms with E-state index in [2.05, 4.69) is 187 Å². The molecule has 0 bridgehead atoms. The highest BCUT2D eigenvalue weighted by atomic mass is 14.3. The van der Waals surface area contributed by atoms with E-state index < -0.39 is 0 Å².